The number of nitrogens with zero attached hydrogens (tertiary/aromatic N) is 3. The number of carboxylic acid groups (broad SMARTS) is 1. The molecule has 0 radical (unpaired) electrons. The van der Waals surface area contributed by atoms with Crippen molar-refractivity contribution in [2.45, 2.75) is 57.3 Å². The molecular formula is C43H43ClN4O7. The third kappa shape index (κ3) is 10.4. The van der Waals surface area contributed by atoms with Crippen molar-refractivity contribution in [1.29, 1.82) is 5.26 Å². The highest BCUT2D eigenvalue weighted by atomic mass is 35.5. The Labute approximate surface area is 325 Å². The van der Waals surface area contributed by atoms with E-state index in [1.165, 1.54) is 11.8 Å². The molecule has 284 valence electrons. The third-order valence-corrected chi connectivity index (χ3v) is 9.78. The molecule has 0 unspecified atom stereocenters. The molecule has 0 spiro atoms. The van der Waals surface area contributed by atoms with E-state index in [4.69, 9.17) is 41.0 Å². The van der Waals surface area contributed by atoms with Gasteiger partial charge in [-0.3, -0.25) is 9.78 Å². The number of carbonyl (C=O) groups is 1. The van der Waals surface area contributed by atoms with Crippen molar-refractivity contribution in [3.63, 3.8) is 0 Å². The first-order valence-corrected chi connectivity index (χ1v) is 18.7. The van der Waals surface area contributed by atoms with Crippen molar-refractivity contribution in [3.8, 4) is 45.8 Å². The summed E-state index contributed by atoms with van der Waals surface area (Å²) in [5, 5.41) is 41.1. The number of aliphatic hydroxyl groups is 2. The third-order valence-electron chi connectivity index (χ3n) is 9.38. The maximum Gasteiger partial charge on any atom is 0.305 e. The van der Waals surface area contributed by atoms with E-state index >= 15 is 0 Å². The van der Waals surface area contributed by atoms with Crippen LogP contribution in [0.25, 0.3) is 22.3 Å². The lowest BCUT2D eigenvalue weighted by atomic mass is 9.94. The number of halogens is 1. The molecule has 55 heavy (non-hydrogen) atoms. The number of fused-ring (bicyclic) bond motifs is 1. The number of aliphatic hydroxyl groups excluding tert-OH is 2. The predicted molar refractivity (Wildman–Crippen MR) is 208 cm³/mol. The van der Waals surface area contributed by atoms with Gasteiger partial charge in [-0.2, -0.15) is 10.2 Å². The van der Waals surface area contributed by atoms with Gasteiger partial charge in [0.15, 0.2) is 0 Å². The zero-order chi connectivity index (χ0) is 38.6. The molecule has 1 aliphatic rings. The van der Waals surface area contributed by atoms with Crippen molar-refractivity contribution >= 4 is 17.6 Å². The lowest BCUT2D eigenvalue weighted by Gasteiger charge is -2.18. The van der Waals surface area contributed by atoms with Crippen molar-refractivity contribution in [3.05, 3.63) is 124 Å². The Hall–Kier alpha value is -5.51. The molecular weight excluding hydrogens is 720 g/mol. The highest BCUT2D eigenvalue weighted by molar-refractivity contribution is 6.36. The number of hydrogen-bond donors (Lipinski definition) is 4. The first-order valence-electron chi connectivity index (χ1n) is 18.3. The summed E-state index contributed by atoms with van der Waals surface area (Å²) in [7, 11) is 0. The van der Waals surface area contributed by atoms with Crippen LogP contribution < -0.4 is 19.5 Å². The van der Waals surface area contributed by atoms with Crippen LogP contribution in [-0.4, -0.2) is 63.7 Å². The first-order chi connectivity index (χ1) is 26.8. The quantitative estimate of drug-likeness (QED) is 0.0634. The summed E-state index contributed by atoms with van der Waals surface area (Å²) in [4.78, 5) is 19.9. The van der Waals surface area contributed by atoms with Crippen molar-refractivity contribution in [2.24, 2.45) is 0 Å². The molecule has 0 bridgehead atoms. The minimum absolute atomic E-state index is 0.0920. The van der Waals surface area contributed by atoms with Crippen LogP contribution in [0.2, 0.25) is 5.02 Å². The maximum atomic E-state index is 11.0. The van der Waals surface area contributed by atoms with E-state index in [-0.39, 0.29) is 25.7 Å². The molecule has 0 saturated heterocycles. The van der Waals surface area contributed by atoms with Crippen LogP contribution in [-0.2, 0) is 24.2 Å². The Morgan fingerprint density at radius 3 is 2.60 bits per heavy atom. The van der Waals surface area contributed by atoms with Crippen LogP contribution in [0.15, 0.2) is 91.3 Å². The molecule has 2 aromatic heterocycles. The summed E-state index contributed by atoms with van der Waals surface area (Å²) in [5.74, 6) is 0.467. The molecule has 4 N–H and O–H groups in total. The van der Waals surface area contributed by atoms with E-state index in [1.807, 2.05) is 54.6 Å². The summed E-state index contributed by atoms with van der Waals surface area (Å²) in [6, 6.07) is 27.6. The highest BCUT2D eigenvalue weighted by Crippen LogP contribution is 2.44. The van der Waals surface area contributed by atoms with Gasteiger partial charge in [-0.05, 0) is 78.6 Å². The zero-order valence-electron chi connectivity index (χ0n) is 30.3. The first kappa shape index (κ1) is 39.2. The van der Waals surface area contributed by atoms with E-state index in [1.54, 1.807) is 18.3 Å². The summed E-state index contributed by atoms with van der Waals surface area (Å²) in [6.07, 6.45) is 4.50. The van der Waals surface area contributed by atoms with Gasteiger partial charge in [-0.1, -0.05) is 60.1 Å². The Morgan fingerprint density at radius 1 is 1.00 bits per heavy atom. The zero-order valence-corrected chi connectivity index (χ0v) is 31.0. The fourth-order valence-corrected chi connectivity index (χ4v) is 7.06. The Balaban J connectivity index is 1.18. The van der Waals surface area contributed by atoms with E-state index < -0.39 is 12.1 Å². The van der Waals surface area contributed by atoms with Crippen LogP contribution in [0.4, 0.5) is 0 Å². The van der Waals surface area contributed by atoms with Gasteiger partial charge in [0.2, 0.25) is 11.8 Å². The molecule has 2 atom stereocenters. The number of nitrogens with one attached hydrogen (secondary N) is 1. The Kier molecular flexibility index (Phi) is 13.7. The predicted octanol–water partition coefficient (Wildman–Crippen LogP) is 7.10. The number of hydrogen-bond acceptors (Lipinski definition) is 10. The lowest BCUT2D eigenvalue weighted by molar-refractivity contribution is -0.139. The van der Waals surface area contributed by atoms with Crippen LogP contribution in [0, 0.1) is 11.3 Å². The normalized spacial score (nSPS) is 13.8. The van der Waals surface area contributed by atoms with E-state index in [0.29, 0.717) is 66.9 Å². The number of ether oxygens (including phenoxy) is 3. The number of benzene rings is 3. The molecule has 0 aliphatic heterocycles. The molecule has 3 aromatic carbocycles. The summed E-state index contributed by atoms with van der Waals surface area (Å²) >= 11 is 7.14. The molecule has 0 amide bonds. The van der Waals surface area contributed by atoms with Gasteiger partial charge >= 0.3 is 5.97 Å². The number of aliphatic carboxylic acids is 1. The van der Waals surface area contributed by atoms with E-state index in [2.05, 4.69) is 28.5 Å². The standard InChI is InChI=1S/C43H43ClN4O7/c44-42-34(30-10-13-33(14-11-30)53-21-19-46-18-20-49)6-2-9-38(42)35-7-3-8-37-36(35)15-16-39(37)55-40-17-12-31(4-1-5-32(50)23-41(51)52)43(48-40)54-27-29-22-28(24-45)25-47-26-29/h2-3,6-14,17,22,25-26,32,39,46,49-50H,1,4-5,15-16,18-21,23,27H2,(H,51,52)/t32-,39+/m1/s1. The average molecular weight is 763 g/mol. The number of nitriles is 1. The SMILES string of the molecule is N#Cc1cncc(COc2nc(O[C@H]3CCc4c(-c5cccc(-c6ccc(OCCNCCO)cc6)c5Cl)cccc43)ccc2CCC[C@@H](O)CC(=O)O)c1. The minimum atomic E-state index is -1.04. The van der Waals surface area contributed by atoms with Crippen molar-refractivity contribution in [1.82, 2.24) is 15.3 Å². The number of aromatic nitrogens is 2. The Morgan fingerprint density at radius 2 is 1.80 bits per heavy atom. The van der Waals surface area contributed by atoms with Gasteiger partial charge in [0.1, 0.15) is 31.1 Å². The number of pyridine rings is 2. The molecule has 2 heterocycles. The van der Waals surface area contributed by atoms with Crippen LogP contribution >= 0.6 is 11.6 Å². The number of carboxylic acids is 1. The molecule has 11 nitrogen and oxygen atoms in total. The number of rotatable bonds is 19. The minimum Gasteiger partial charge on any atom is -0.492 e. The second-order valence-electron chi connectivity index (χ2n) is 13.3. The molecule has 0 saturated carbocycles. The highest BCUT2D eigenvalue weighted by Gasteiger charge is 2.28. The van der Waals surface area contributed by atoms with Crippen LogP contribution in [0.5, 0.6) is 17.5 Å². The van der Waals surface area contributed by atoms with Crippen LogP contribution in [0.3, 0.4) is 0 Å². The van der Waals surface area contributed by atoms with Gasteiger partial charge in [0.05, 0.1) is 29.7 Å². The Bertz CT molecular complexity index is 2120. The van der Waals surface area contributed by atoms with E-state index in [9.17, 15) is 15.2 Å². The average Bonchev–Trinajstić information content (AvgIpc) is 3.60. The molecule has 5 aromatic rings. The smallest absolute Gasteiger partial charge is 0.305 e. The van der Waals surface area contributed by atoms with Crippen molar-refractivity contribution < 1.29 is 34.3 Å². The van der Waals surface area contributed by atoms with Gasteiger partial charge in [-0.25, -0.2) is 0 Å². The number of aryl methyl sites for hydroxylation is 1. The second-order valence-corrected chi connectivity index (χ2v) is 13.7. The maximum absolute atomic E-state index is 11.0. The van der Waals surface area contributed by atoms with Gasteiger partial charge in [0.25, 0.3) is 0 Å². The van der Waals surface area contributed by atoms with Gasteiger partial charge < -0.3 is 34.8 Å². The molecule has 0 fully saturated rings. The fourth-order valence-electron chi connectivity index (χ4n) is 6.72. The molecule has 6 rings (SSSR count). The monoisotopic (exact) mass is 762 g/mol. The van der Waals surface area contributed by atoms with Crippen LogP contribution in [0.1, 0.15) is 59.6 Å². The topological polar surface area (TPSA) is 167 Å². The second kappa shape index (κ2) is 19.2. The molecule has 12 heteroatoms. The summed E-state index contributed by atoms with van der Waals surface area (Å²) in [6.45, 7) is 1.90. The van der Waals surface area contributed by atoms with Gasteiger partial charge in [0, 0.05) is 53.8 Å². The van der Waals surface area contributed by atoms with Crippen molar-refractivity contribution in [2.75, 3.05) is 26.3 Å². The van der Waals surface area contributed by atoms with Gasteiger partial charge in [-0.15, -0.1) is 0 Å². The lowest BCUT2D eigenvalue weighted by Crippen LogP contribution is -2.23. The summed E-state index contributed by atoms with van der Waals surface area (Å²) < 4.78 is 18.5. The summed E-state index contributed by atoms with van der Waals surface area (Å²) in [5.41, 5.74) is 8.04. The molecule has 1 aliphatic carbocycles. The largest absolute Gasteiger partial charge is 0.492 e. The van der Waals surface area contributed by atoms with E-state index in [0.717, 1.165) is 52.0 Å². The fraction of sp³-hybridized carbons (Fsp3) is 0.302.